The molecule has 0 aromatic heterocycles. The molecule has 1 aromatic carbocycles. The van der Waals surface area contributed by atoms with Crippen molar-refractivity contribution in [2.75, 3.05) is 6.61 Å². The molecule has 0 heterocycles. The van der Waals surface area contributed by atoms with Crippen molar-refractivity contribution in [3.8, 4) is 0 Å². The van der Waals surface area contributed by atoms with Crippen LogP contribution in [-0.2, 0) is 10.3 Å². The van der Waals surface area contributed by atoms with Crippen molar-refractivity contribution in [2.24, 2.45) is 0 Å². The summed E-state index contributed by atoms with van der Waals surface area (Å²) in [5.41, 5.74) is -4.14. The van der Waals surface area contributed by atoms with Crippen molar-refractivity contribution in [1.82, 2.24) is 5.32 Å². The predicted octanol–water partition coefficient (Wildman–Crippen LogP) is 3.57. The predicted molar refractivity (Wildman–Crippen MR) is 78.2 cm³/mol. The van der Waals surface area contributed by atoms with E-state index in [0.717, 1.165) is 12.1 Å². The summed E-state index contributed by atoms with van der Waals surface area (Å²) < 4.78 is 46.0. The third-order valence-corrected chi connectivity index (χ3v) is 3.22. The molecule has 0 aliphatic heterocycles. The Morgan fingerprint density at radius 1 is 1.41 bits per heavy atom. The molecule has 8 heteroatoms. The van der Waals surface area contributed by atoms with Gasteiger partial charge in [0.05, 0.1) is 6.61 Å². The lowest BCUT2D eigenvalue weighted by atomic mass is 9.94. The number of alkyl carbamates (subject to hydrolysis) is 1. The number of nitrogens with one attached hydrogen (secondary N) is 1. The van der Waals surface area contributed by atoms with Gasteiger partial charge in [0, 0.05) is 15.6 Å². The minimum atomic E-state index is -3.33. The first kappa shape index (κ1) is 18.8. The van der Waals surface area contributed by atoms with Crippen LogP contribution in [0.1, 0.15) is 26.3 Å². The van der Waals surface area contributed by atoms with Gasteiger partial charge < -0.3 is 15.2 Å². The Balaban J connectivity index is 3.26. The molecule has 0 bridgehead atoms. The molecule has 1 amide bonds. The highest BCUT2D eigenvalue weighted by molar-refractivity contribution is 9.10. The maximum atomic E-state index is 13.9. The van der Waals surface area contributed by atoms with E-state index in [4.69, 9.17) is 4.74 Å². The van der Waals surface area contributed by atoms with Crippen LogP contribution in [-0.4, -0.2) is 29.8 Å². The van der Waals surface area contributed by atoms with E-state index in [9.17, 15) is 23.1 Å². The van der Waals surface area contributed by atoms with E-state index >= 15 is 0 Å². The normalized spacial score (nSPS) is 14.6. The standard InChI is InChI=1S/C14H17BrF3NO3/c1-13(2,3)19-12(21)22-14(7-20,11(17)18)9-6-8(15)4-5-10(9)16/h4-6,11,20H,7H2,1-3H3,(H,19,21). The van der Waals surface area contributed by atoms with Crippen LogP contribution >= 0.6 is 15.9 Å². The monoisotopic (exact) mass is 383 g/mol. The molecule has 1 atom stereocenters. The van der Waals surface area contributed by atoms with Gasteiger partial charge in [-0.1, -0.05) is 15.9 Å². The van der Waals surface area contributed by atoms with Gasteiger partial charge in [0.2, 0.25) is 5.60 Å². The van der Waals surface area contributed by atoms with Crippen LogP contribution in [0.2, 0.25) is 0 Å². The maximum absolute atomic E-state index is 13.9. The number of hydrogen-bond acceptors (Lipinski definition) is 3. The number of alkyl halides is 2. The number of aliphatic hydroxyl groups excluding tert-OH is 1. The fraction of sp³-hybridized carbons (Fsp3) is 0.500. The summed E-state index contributed by atoms with van der Waals surface area (Å²) in [5, 5.41) is 11.7. The molecule has 4 nitrogen and oxygen atoms in total. The second-order valence-corrected chi connectivity index (χ2v) is 6.65. The Bertz CT molecular complexity index is 549. The Kier molecular flexibility index (Phi) is 5.86. The lowest BCUT2D eigenvalue weighted by Crippen LogP contribution is -2.49. The number of carbonyl (C=O) groups is 1. The van der Waals surface area contributed by atoms with Crippen LogP contribution in [0.3, 0.4) is 0 Å². The number of hydrogen-bond donors (Lipinski definition) is 2. The fourth-order valence-electron chi connectivity index (χ4n) is 1.72. The van der Waals surface area contributed by atoms with Crippen molar-refractivity contribution in [2.45, 2.75) is 38.3 Å². The number of rotatable bonds is 4. The van der Waals surface area contributed by atoms with Gasteiger partial charge in [0.25, 0.3) is 6.43 Å². The summed E-state index contributed by atoms with van der Waals surface area (Å²) in [6, 6.07) is 3.29. The molecule has 1 unspecified atom stereocenters. The third kappa shape index (κ3) is 4.36. The summed E-state index contributed by atoms with van der Waals surface area (Å²) in [5.74, 6) is -1.01. The molecule has 0 aliphatic carbocycles. The van der Waals surface area contributed by atoms with Crippen LogP contribution in [0.25, 0.3) is 0 Å². The lowest BCUT2D eigenvalue weighted by Gasteiger charge is -2.33. The van der Waals surface area contributed by atoms with E-state index in [1.165, 1.54) is 6.07 Å². The largest absolute Gasteiger partial charge is 0.429 e. The number of amides is 1. The molecule has 0 saturated heterocycles. The van der Waals surface area contributed by atoms with E-state index in [2.05, 4.69) is 21.2 Å². The highest BCUT2D eigenvalue weighted by atomic mass is 79.9. The quantitative estimate of drug-likeness (QED) is 0.835. The SMILES string of the molecule is CC(C)(C)NC(=O)OC(CO)(c1cc(Br)ccc1F)C(F)F. The molecular weight excluding hydrogens is 367 g/mol. The number of benzene rings is 1. The van der Waals surface area contributed by atoms with Crippen LogP contribution in [0.15, 0.2) is 22.7 Å². The number of halogens is 4. The molecule has 0 radical (unpaired) electrons. The van der Waals surface area contributed by atoms with Gasteiger partial charge in [0.1, 0.15) is 5.82 Å². The van der Waals surface area contributed by atoms with E-state index in [1.54, 1.807) is 20.8 Å². The van der Waals surface area contributed by atoms with Gasteiger partial charge in [-0.2, -0.15) is 0 Å². The topological polar surface area (TPSA) is 58.6 Å². The minimum absolute atomic E-state index is 0.308. The average molecular weight is 384 g/mol. The van der Waals surface area contributed by atoms with Gasteiger partial charge in [-0.25, -0.2) is 18.0 Å². The molecule has 2 N–H and O–H groups in total. The van der Waals surface area contributed by atoms with Gasteiger partial charge >= 0.3 is 6.09 Å². The second kappa shape index (κ2) is 6.87. The maximum Gasteiger partial charge on any atom is 0.408 e. The lowest BCUT2D eigenvalue weighted by molar-refractivity contribution is -0.135. The van der Waals surface area contributed by atoms with E-state index in [-0.39, 0.29) is 0 Å². The summed E-state index contributed by atoms with van der Waals surface area (Å²) in [7, 11) is 0. The Labute approximate surface area is 134 Å². The molecule has 0 saturated carbocycles. The molecule has 0 spiro atoms. The third-order valence-electron chi connectivity index (χ3n) is 2.72. The Hall–Kier alpha value is -1.28. The number of carbonyl (C=O) groups excluding carboxylic acids is 1. The first-order chi connectivity index (χ1) is 10.0. The number of aliphatic hydroxyl groups is 1. The van der Waals surface area contributed by atoms with Gasteiger partial charge in [-0.3, -0.25) is 0 Å². The molecule has 1 aromatic rings. The molecule has 1 rings (SSSR count). The second-order valence-electron chi connectivity index (χ2n) is 5.74. The number of ether oxygens (including phenoxy) is 1. The van der Waals surface area contributed by atoms with Crippen molar-refractivity contribution in [3.05, 3.63) is 34.1 Å². The first-order valence-corrected chi connectivity index (χ1v) is 7.17. The molecule has 0 aliphatic rings. The van der Waals surface area contributed by atoms with E-state index < -0.39 is 41.6 Å². The van der Waals surface area contributed by atoms with Crippen molar-refractivity contribution >= 4 is 22.0 Å². The Morgan fingerprint density at radius 3 is 2.45 bits per heavy atom. The highest BCUT2D eigenvalue weighted by Crippen LogP contribution is 2.35. The van der Waals surface area contributed by atoms with Crippen molar-refractivity contribution < 1.29 is 27.8 Å². The average Bonchev–Trinajstić information content (AvgIpc) is 2.36. The summed E-state index contributed by atoms with van der Waals surface area (Å²) in [4.78, 5) is 11.8. The summed E-state index contributed by atoms with van der Waals surface area (Å²) >= 11 is 3.03. The molecular formula is C14H17BrF3NO3. The van der Waals surface area contributed by atoms with E-state index in [0.29, 0.717) is 4.47 Å². The summed E-state index contributed by atoms with van der Waals surface area (Å²) in [6.07, 6.45) is -4.51. The first-order valence-electron chi connectivity index (χ1n) is 6.37. The summed E-state index contributed by atoms with van der Waals surface area (Å²) in [6.45, 7) is 3.60. The van der Waals surface area contributed by atoms with Gasteiger partial charge in [0.15, 0.2) is 0 Å². The molecule has 22 heavy (non-hydrogen) atoms. The van der Waals surface area contributed by atoms with E-state index in [1.807, 2.05) is 0 Å². The van der Waals surface area contributed by atoms with Crippen LogP contribution in [0.4, 0.5) is 18.0 Å². The smallest absolute Gasteiger partial charge is 0.408 e. The van der Waals surface area contributed by atoms with Crippen LogP contribution in [0, 0.1) is 5.82 Å². The molecule has 0 fully saturated rings. The highest BCUT2D eigenvalue weighted by Gasteiger charge is 2.48. The minimum Gasteiger partial charge on any atom is -0.429 e. The van der Waals surface area contributed by atoms with Gasteiger partial charge in [-0.05, 0) is 39.0 Å². The zero-order valence-electron chi connectivity index (χ0n) is 12.3. The Morgan fingerprint density at radius 2 is 2.00 bits per heavy atom. The van der Waals surface area contributed by atoms with Crippen molar-refractivity contribution in [1.29, 1.82) is 0 Å². The van der Waals surface area contributed by atoms with Crippen LogP contribution in [0.5, 0.6) is 0 Å². The zero-order chi connectivity index (χ0) is 17.1. The van der Waals surface area contributed by atoms with Gasteiger partial charge in [-0.15, -0.1) is 0 Å². The van der Waals surface area contributed by atoms with Crippen molar-refractivity contribution in [3.63, 3.8) is 0 Å². The van der Waals surface area contributed by atoms with Crippen LogP contribution < -0.4 is 5.32 Å². The zero-order valence-corrected chi connectivity index (χ0v) is 13.9. The molecule has 124 valence electrons. The fourth-order valence-corrected chi connectivity index (χ4v) is 2.08.